The molecule has 0 saturated heterocycles. The van der Waals surface area contributed by atoms with Crippen LogP contribution in [0.25, 0.3) is 10.9 Å². The highest BCUT2D eigenvalue weighted by atomic mass is 32.2. The molecule has 0 unspecified atom stereocenters. The Hall–Kier alpha value is -1.37. The van der Waals surface area contributed by atoms with Gasteiger partial charge in [0.25, 0.3) is 0 Å². The van der Waals surface area contributed by atoms with Gasteiger partial charge >= 0.3 is 0 Å². The summed E-state index contributed by atoms with van der Waals surface area (Å²) < 4.78 is 25.3. The molecule has 0 saturated carbocycles. The number of aliphatic hydroxyl groups is 1. The number of hydrogen-bond acceptors (Lipinski definition) is 3. The number of benzene rings is 1. The number of nitrogens with one attached hydrogen (secondary N) is 2. The summed E-state index contributed by atoms with van der Waals surface area (Å²) in [5.41, 5.74) is 2.68. The molecule has 0 aliphatic carbocycles. The van der Waals surface area contributed by atoms with Crippen molar-refractivity contribution in [1.29, 1.82) is 0 Å². The van der Waals surface area contributed by atoms with Gasteiger partial charge in [0.05, 0.1) is 5.75 Å². The summed E-state index contributed by atoms with van der Waals surface area (Å²) in [5.74, 6) is -0.0385. The molecule has 1 aromatic heterocycles. The molecule has 1 heterocycles. The summed E-state index contributed by atoms with van der Waals surface area (Å²) in [7, 11) is -1.85. The molecule has 0 radical (unpaired) electrons. The molecule has 5 nitrogen and oxygen atoms in total. The maximum Gasteiger partial charge on any atom is 0.215 e. The van der Waals surface area contributed by atoms with Gasteiger partial charge in [-0.3, -0.25) is 0 Å². The van der Waals surface area contributed by atoms with E-state index < -0.39 is 10.0 Å². The van der Waals surface area contributed by atoms with E-state index in [2.05, 4.69) is 9.71 Å². The first-order valence-corrected chi connectivity index (χ1v) is 7.32. The first kappa shape index (κ1) is 13.1. The van der Waals surface area contributed by atoms with Crippen LogP contribution in [0, 0.1) is 0 Å². The fraction of sp³-hybridized carbons (Fsp3) is 0.333. The van der Waals surface area contributed by atoms with Gasteiger partial charge in [-0.1, -0.05) is 6.07 Å². The van der Waals surface area contributed by atoms with E-state index in [0.29, 0.717) is 6.42 Å². The molecule has 0 atom stereocenters. The van der Waals surface area contributed by atoms with E-state index in [1.165, 1.54) is 7.05 Å². The zero-order valence-corrected chi connectivity index (χ0v) is 10.9. The van der Waals surface area contributed by atoms with E-state index in [1.807, 2.05) is 18.3 Å². The third-order valence-corrected chi connectivity index (χ3v) is 4.22. The molecule has 3 N–H and O–H groups in total. The summed E-state index contributed by atoms with van der Waals surface area (Å²) in [4.78, 5) is 3.10. The molecule has 0 fully saturated rings. The minimum absolute atomic E-state index is 0.0385. The maximum atomic E-state index is 11.5. The Kier molecular flexibility index (Phi) is 3.70. The van der Waals surface area contributed by atoms with Gasteiger partial charge in [-0.25, -0.2) is 13.1 Å². The van der Waals surface area contributed by atoms with E-state index in [1.54, 1.807) is 6.07 Å². The standard InChI is InChI=1S/C12H16N2O3S/c1-13-18(16,17)8-9-2-3-12-11(6-9)10(4-5-15)7-14-12/h2-3,6-7,13-15H,4-5,8H2,1H3. The second-order valence-corrected chi connectivity index (χ2v) is 6.06. The van der Waals surface area contributed by atoms with Crippen molar-refractivity contribution in [2.75, 3.05) is 13.7 Å². The fourth-order valence-corrected chi connectivity index (χ4v) is 2.70. The number of fused-ring (bicyclic) bond motifs is 1. The van der Waals surface area contributed by atoms with Crippen molar-refractivity contribution in [3.63, 3.8) is 0 Å². The van der Waals surface area contributed by atoms with Crippen LogP contribution in [0.15, 0.2) is 24.4 Å². The lowest BCUT2D eigenvalue weighted by molar-refractivity contribution is 0.300. The molecule has 2 rings (SSSR count). The van der Waals surface area contributed by atoms with Gasteiger partial charge in [0.15, 0.2) is 0 Å². The Balaban J connectivity index is 2.39. The molecule has 2 aromatic rings. The number of aliphatic hydroxyl groups excluding tert-OH is 1. The Morgan fingerprint density at radius 3 is 2.83 bits per heavy atom. The van der Waals surface area contributed by atoms with Crippen LogP contribution >= 0.6 is 0 Å². The smallest absolute Gasteiger partial charge is 0.215 e. The van der Waals surface area contributed by atoms with Crippen LogP contribution in [0.1, 0.15) is 11.1 Å². The Bertz CT molecular complexity index is 646. The zero-order chi connectivity index (χ0) is 13.2. The predicted molar refractivity (Wildman–Crippen MR) is 70.8 cm³/mol. The molecule has 0 aliphatic heterocycles. The topological polar surface area (TPSA) is 82.2 Å². The van der Waals surface area contributed by atoms with Crippen molar-refractivity contribution in [3.8, 4) is 0 Å². The molecule has 18 heavy (non-hydrogen) atoms. The average Bonchev–Trinajstić information content (AvgIpc) is 2.72. The Morgan fingerprint density at radius 2 is 2.17 bits per heavy atom. The number of aromatic amines is 1. The first-order chi connectivity index (χ1) is 8.55. The largest absolute Gasteiger partial charge is 0.396 e. The number of aromatic nitrogens is 1. The molecule has 0 bridgehead atoms. The second-order valence-electron chi connectivity index (χ2n) is 4.13. The fourth-order valence-electron chi connectivity index (χ4n) is 1.93. The average molecular weight is 268 g/mol. The van der Waals surface area contributed by atoms with Gasteiger partial charge in [0, 0.05) is 23.7 Å². The molecular formula is C12H16N2O3S. The third kappa shape index (κ3) is 2.72. The number of H-pyrrole nitrogens is 1. The van der Waals surface area contributed by atoms with Gasteiger partial charge in [0.1, 0.15) is 0 Å². The van der Waals surface area contributed by atoms with Gasteiger partial charge < -0.3 is 10.1 Å². The summed E-state index contributed by atoms with van der Waals surface area (Å²) in [6, 6.07) is 5.50. The Labute approximate surface area is 106 Å². The van der Waals surface area contributed by atoms with Crippen molar-refractivity contribution in [1.82, 2.24) is 9.71 Å². The van der Waals surface area contributed by atoms with Gasteiger partial charge in [-0.15, -0.1) is 0 Å². The van der Waals surface area contributed by atoms with Crippen LogP contribution in [0.2, 0.25) is 0 Å². The summed E-state index contributed by atoms with van der Waals surface area (Å²) in [6.45, 7) is 0.0754. The Morgan fingerprint density at radius 1 is 1.39 bits per heavy atom. The van der Waals surface area contributed by atoms with Gasteiger partial charge in [-0.2, -0.15) is 0 Å². The first-order valence-electron chi connectivity index (χ1n) is 5.66. The van der Waals surface area contributed by atoms with Crippen molar-refractivity contribution in [2.45, 2.75) is 12.2 Å². The van der Waals surface area contributed by atoms with Gasteiger partial charge in [-0.05, 0) is 36.7 Å². The lowest BCUT2D eigenvalue weighted by Crippen LogP contribution is -2.20. The molecule has 0 aliphatic rings. The summed E-state index contributed by atoms with van der Waals surface area (Å²) >= 11 is 0. The van der Waals surface area contributed by atoms with Crippen LogP contribution in [0.5, 0.6) is 0 Å². The minimum atomic E-state index is -3.26. The maximum absolute atomic E-state index is 11.5. The van der Waals surface area contributed by atoms with Crippen molar-refractivity contribution in [3.05, 3.63) is 35.5 Å². The van der Waals surface area contributed by atoms with Crippen LogP contribution in [0.3, 0.4) is 0 Å². The normalized spacial score (nSPS) is 12.1. The SMILES string of the molecule is CNS(=O)(=O)Cc1ccc2[nH]cc(CCO)c2c1. The summed E-state index contributed by atoms with van der Waals surface area (Å²) in [5, 5.41) is 9.94. The highest BCUT2D eigenvalue weighted by molar-refractivity contribution is 7.88. The highest BCUT2D eigenvalue weighted by Gasteiger charge is 2.10. The van der Waals surface area contributed by atoms with E-state index in [4.69, 9.17) is 5.11 Å². The molecular weight excluding hydrogens is 252 g/mol. The van der Waals surface area contributed by atoms with E-state index >= 15 is 0 Å². The van der Waals surface area contributed by atoms with Crippen LogP contribution in [-0.4, -0.2) is 32.2 Å². The van der Waals surface area contributed by atoms with Crippen LogP contribution in [-0.2, 0) is 22.2 Å². The second kappa shape index (κ2) is 5.09. The number of sulfonamides is 1. The van der Waals surface area contributed by atoms with Crippen molar-refractivity contribution < 1.29 is 13.5 Å². The van der Waals surface area contributed by atoms with Gasteiger partial charge in [0.2, 0.25) is 10.0 Å². The lowest BCUT2D eigenvalue weighted by Gasteiger charge is -2.03. The quantitative estimate of drug-likeness (QED) is 0.748. The molecule has 6 heteroatoms. The molecule has 0 spiro atoms. The lowest BCUT2D eigenvalue weighted by atomic mass is 10.1. The number of hydrogen-bond donors (Lipinski definition) is 3. The molecule has 1 aromatic carbocycles. The van der Waals surface area contributed by atoms with Crippen LogP contribution < -0.4 is 4.72 Å². The minimum Gasteiger partial charge on any atom is -0.396 e. The highest BCUT2D eigenvalue weighted by Crippen LogP contribution is 2.21. The monoisotopic (exact) mass is 268 g/mol. The van der Waals surface area contributed by atoms with Crippen molar-refractivity contribution in [2.24, 2.45) is 0 Å². The third-order valence-electron chi connectivity index (χ3n) is 2.88. The zero-order valence-electron chi connectivity index (χ0n) is 10.1. The summed E-state index contributed by atoms with van der Waals surface area (Å²) in [6.07, 6.45) is 2.40. The number of rotatable bonds is 5. The van der Waals surface area contributed by atoms with E-state index in [0.717, 1.165) is 22.0 Å². The molecule has 0 amide bonds. The predicted octanol–water partition coefficient (Wildman–Crippen LogP) is 0.752. The van der Waals surface area contributed by atoms with Crippen LogP contribution in [0.4, 0.5) is 0 Å². The van der Waals surface area contributed by atoms with E-state index in [-0.39, 0.29) is 12.4 Å². The van der Waals surface area contributed by atoms with E-state index in [9.17, 15) is 8.42 Å². The van der Waals surface area contributed by atoms with Crippen molar-refractivity contribution >= 4 is 20.9 Å². The molecule has 98 valence electrons.